The van der Waals surface area contributed by atoms with Crippen LogP contribution in [0.15, 0.2) is 53.4 Å². The third-order valence-corrected chi connectivity index (χ3v) is 12.0. The summed E-state index contributed by atoms with van der Waals surface area (Å²) < 4.78 is 68.8. The molecule has 1 saturated heterocycles. The number of carbonyl (C=O) groups excluding carboxylic acids is 5. The highest BCUT2D eigenvalue weighted by Gasteiger charge is 2.61. The van der Waals surface area contributed by atoms with Gasteiger partial charge >= 0.3 is 12.2 Å². The molecule has 5 atom stereocenters. The van der Waals surface area contributed by atoms with Crippen LogP contribution in [0.2, 0.25) is 5.02 Å². The lowest BCUT2D eigenvalue weighted by atomic mass is 10.0. The zero-order valence-electron chi connectivity index (χ0n) is 31.8. The van der Waals surface area contributed by atoms with Crippen molar-refractivity contribution in [1.29, 1.82) is 0 Å². The van der Waals surface area contributed by atoms with E-state index in [1.165, 1.54) is 15.9 Å². The van der Waals surface area contributed by atoms with Crippen molar-refractivity contribution in [2.75, 3.05) is 6.54 Å². The lowest BCUT2D eigenvalue weighted by Crippen LogP contribution is -2.56. The van der Waals surface area contributed by atoms with Gasteiger partial charge in [-0.1, -0.05) is 48.7 Å². The lowest BCUT2D eigenvalue weighted by molar-refractivity contribution is -0.140. The van der Waals surface area contributed by atoms with Gasteiger partial charge in [0, 0.05) is 41.9 Å². The summed E-state index contributed by atoms with van der Waals surface area (Å²) in [5.41, 5.74) is -1.61. The summed E-state index contributed by atoms with van der Waals surface area (Å²) in [6.07, 6.45) is 3.73. The number of nitrogens with one attached hydrogen (secondary N) is 3. The number of amides is 5. The first-order valence-corrected chi connectivity index (χ1v) is 20.7. The van der Waals surface area contributed by atoms with Crippen LogP contribution >= 0.6 is 11.6 Å². The Balaban J connectivity index is 1.26. The molecule has 0 aromatic heterocycles. The summed E-state index contributed by atoms with van der Waals surface area (Å²) in [5.74, 6) is -4.74. The molecule has 3 heterocycles. The van der Waals surface area contributed by atoms with E-state index in [4.69, 9.17) is 21.1 Å². The monoisotopic (exact) mass is 833 g/mol. The Kier molecular flexibility index (Phi) is 12.2. The van der Waals surface area contributed by atoms with Gasteiger partial charge in [0.25, 0.3) is 15.9 Å². The van der Waals surface area contributed by atoms with Gasteiger partial charge in [-0.15, -0.1) is 0 Å². The first kappa shape index (κ1) is 41.9. The van der Waals surface area contributed by atoms with E-state index >= 15 is 0 Å². The molecule has 6 rings (SSSR count). The van der Waals surface area contributed by atoms with Crippen LogP contribution in [-0.2, 0) is 47.0 Å². The molecular formula is C39H46ClF2N5O9S. The van der Waals surface area contributed by atoms with Crippen LogP contribution in [0.4, 0.5) is 18.4 Å². The van der Waals surface area contributed by atoms with Crippen molar-refractivity contribution in [3.63, 3.8) is 0 Å². The van der Waals surface area contributed by atoms with Gasteiger partial charge < -0.3 is 25.0 Å². The molecule has 3 aliphatic heterocycles. The molecule has 2 fully saturated rings. The standard InChI is InChI=1S/C39H46ClF2N5O9S/c1-38(2,3)56-36(51)43-26-12-8-6-4-5-7-11-24-19-39(24,35(50)45-57(53,54)32-16-25(40)14-15-30(32)42)44-34(49)31-18-27(21-47(31)33(48)17-26)55-37(52)46-20-23-10-9-13-29(41)28(23)22-46/h7,9-11,13-16,24,26-27,31H,4-6,8,12,17-22H2,1-3H3,(H,43,51)(H,44,49)(H,45,50)/b11-7-/t24-,26+,27-,31+,39-/m1/s1. The number of rotatable bonds is 5. The number of nitrogens with zero attached hydrogens (tertiary/aromatic N) is 2. The van der Waals surface area contributed by atoms with Gasteiger partial charge in [0.2, 0.25) is 11.8 Å². The Labute approximate surface area is 334 Å². The normalized spacial score (nSPS) is 26.0. The summed E-state index contributed by atoms with van der Waals surface area (Å²) in [7, 11) is -4.80. The zero-order valence-corrected chi connectivity index (χ0v) is 33.4. The van der Waals surface area contributed by atoms with Gasteiger partial charge in [0.15, 0.2) is 0 Å². The van der Waals surface area contributed by atoms with Gasteiger partial charge in [-0.2, -0.15) is 0 Å². The summed E-state index contributed by atoms with van der Waals surface area (Å²) >= 11 is 5.92. The lowest BCUT2D eigenvalue weighted by Gasteiger charge is -2.29. The zero-order chi connectivity index (χ0) is 41.3. The average molecular weight is 834 g/mol. The molecule has 2 aromatic rings. The van der Waals surface area contributed by atoms with Crippen molar-refractivity contribution < 1.29 is 50.6 Å². The van der Waals surface area contributed by atoms with Crippen molar-refractivity contribution in [3.8, 4) is 0 Å². The minimum Gasteiger partial charge on any atom is -0.444 e. The van der Waals surface area contributed by atoms with E-state index in [1.807, 2.05) is 10.8 Å². The molecule has 0 unspecified atom stereocenters. The van der Waals surface area contributed by atoms with Crippen molar-refractivity contribution >= 4 is 51.5 Å². The Morgan fingerprint density at radius 2 is 1.81 bits per heavy atom. The Morgan fingerprint density at radius 3 is 2.54 bits per heavy atom. The molecular weight excluding hydrogens is 788 g/mol. The molecule has 2 aromatic carbocycles. The van der Waals surface area contributed by atoms with Gasteiger partial charge in [-0.25, -0.2) is 31.5 Å². The van der Waals surface area contributed by atoms with E-state index in [0.717, 1.165) is 31.0 Å². The molecule has 0 spiro atoms. The molecule has 57 heavy (non-hydrogen) atoms. The van der Waals surface area contributed by atoms with E-state index in [9.17, 15) is 41.2 Å². The third kappa shape index (κ3) is 9.86. The minimum atomic E-state index is -4.80. The minimum absolute atomic E-state index is 0.00165. The largest absolute Gasteiger partial charge is 0.444 e. The first-order chi connectivity index (χ1) is 26.8. The van der Waals surface area contributed by atoms with Crippen LogP contribution in [-0.4, -0.2) is 84.0 Å². The number of sulfonamides is 1. The van der Waals surface area contributed by atoms with Crippen LogP contribution in [0.1, 0.15) is 83.3 Å². The molecule has 4 aliphatic rings. The number of alkyl carbamates (subject to hydrolysis) is 1. The summed E-state index contributed by atoms with van der Waals surface area (Å²) in [5, 5.41) is 5.39. The molecule has 14 nitrogen and oxygen atoms in total. The smallest absolute Gasteiger partial charge is 0.410 e. The quantitative estimate of drug-likeness (QED) is 0.341. The fourth-order valence-electron chi connectivity index (χ4n) is 7.49. The highest BCUT2D eigenvalue weighted by atomic mass is 35.5. The van der Waals surface area contributed by atoms with Crippen LogP contribution in [0.3, 0.4) is 0 Å². The maximum absolute atomic E-state index is 14.6. The van der Waals surface area contributed by atoms with E-state index in [1.54, 1.807) is 39.0 Å². The van der Waals surface area contributed by atoms with E-state index in [-0.39, 0.29) is 43.9 Å². The van der Waals surface area contributed by atoms with Gasteiger partial charge in [-0.3, -0.25) is 19.3 Å². The van der Waals surface area contributed by atoms with Gasteiger partial charge in [0.05, 0.1) is 13.1 Å². The topological polar surface area (TPSA) is 181 Å². The van der Waals surface area contributed by atoms with Crippen molar-refractivity contribution in [2.45, 2.75) is 119 Å². The Hall–Kier alpha value is -4.77. The fraction of sp³-hybridized carbons (Fsp3) is 0.513. The number of carbonyl (C=O) groups is 5. The maximum atomic E-state index is 14.6. The van der Waals surface area contributed by atoms with Crippen molar-refractivity contribution in [3.05, 3.63) is 76.3 Å². The molecule has 18 heteroatoms. The van der Waals surface area contributed by atoms with Gasteiger partial charge in [0.1, 0.15) is 39.8 Å². The first-order valence-electron chi connectivity index (χ1n) is 18.9. The molecule has 3 N–H and O–H groups in total. The number of ether oxygens (including phenoxy) is 2. The number of benzene rings is 2. The second-order valence-corrected chi connectivity index (χ2v) is 18.0. The van der Waals surface area contributed by atoms with E-state index < -0.39 is 91.7 Å². The summed E-state index contributed by atoms with van der Waals surface area (Å²) in [4.78, 5) is 70.2. The second kappa shape index (κ2) is 16.6. The predicted octanol–water partition coefficient (Wildman–Crippen LogP) is 5.22. The molecule has 5 amide bonds. The molecule has 0 radical (unpaired) electrons. The third-order valence-electron chi connectivity index (χ3n) is 10.4. The molecule has 308 valence electrons. The number of hydrogen-bond acceptors (Lipinski definition) is 9. The summed E-state index contributed by atoms with van der Waals surface area (Å²) in [6, 6.07) is 5.42. The molecule has 1 saturated carbocycles. The highest BCUT2D eigenvalue weighted by molar-refractivity contribution is 7.90. The van der Waals surface area contributed by atoms with Crippen LogP contribution in [0.25, 0.3) is 0 Å². The fourth-order valence-corrected chi connectivity index (χ4v) is 8.87. The van der Waals surface area contributed by atoms with Crippen molar-refractivity contribution in [2.24, 2.45) is 5.92 Å². The SMILES string of the molecule is CC(C)(C)OC(=O)N[C@H]1CCCCC/C=C\[C@@H]2C[C@@]2(C(=O)NS(=O)(=O)c2cc(Cl)ccc2F)NC(=O)[C@@H]2C[C@@H](OC(=O)N3Cc4cccc(F)c4C3)CN2C(=O)C1. The number of fused-ring (bicyclic) bond motifs is 3. The van der Waals surface area contributed by atoms with Crippen molar-refractivity contribution in [1.82, 2.24) is 25.2 Å². The average Bonchev–Trinajstić information content (AvgIpc) is 3.41. The van der Waals surface area contributed by atoms with E-state index in [0.29, 0.717) is 30.4 Å². The molecule has 1 aliphatic carbocycles. The number of hydrogen-bond donors (Lipinski definition) is 3. The van der Waals surface area contributed by atoms with Gasteiger partial charge in [-0.05, 0) is 76.3 Å². The molecule has 0 bridgehead atoms. The predicted molar refractivity (Wildman–Crippen MR) is 202 cm³/mol. The van der Waals surface area contributed by atoms with Crippen LogP contribution in [0.5, 0.6) is 0 Å². The second-order valence-electron chi connectivity index (χ2n) is 15.9. The van der Waals surface area contributed by atoms with E-state index in [2.05, 4.69) is 10.6 Å². The number of halogens is 3. The summed E-state index contributed by atoms with van der Waals surface area (Å²) in [6.45, 7) is 4.96. The number of allylic oxidation sites excluding steroid dienone is 1. The Morgan fingerprint density at radius 1 is 1.04 bits per heavy atom. The van der Waals surface area contributed by atoms with Crippen LogP contribution < -0.4 is 15.4 Å². The van der Waals surface area contributed by atoms with Crippen LogP contribution in [0, 0.1) is 17.6 Å². The Bertz CT molecular complexity index is 2080. The highest BCUT2D eigenvalue weighted by Crippen LogP contribution is 2.46. The maximum Gasteiger partial charge on any atom is 0.410 e.